The summed E-state index contributed by atoms with van der Waals surface area (Å²) < 4.78 is 0. The normalized spacial score (nSPS) is 14.9. The Labute approximate surface area is 155 Å². The second-order valence-corrected chi connectivity index (χ2v) is 8.47. The molecule has 0 heterocycles. The Morgan fingerprint density at radius 3 is 1.04 bits per heavy atom. The molecule has 0 saturated heterocycles. The number of aliphatic hydroxyl groups excluding tert-OH is 2. The minimum atomic E-state index is -0.229. The van der Waals surface area contributed by atoms with Crippen molar-refractivity contribution in [2.45, 2.75) is 67.6 Å². The van der Waals surface area contributed by atoms with Gasteiger partial charge in [0, 0.05) is 29.9 Å². The second-order valence-electron chi connectivity index (χ2n) is 8.47. The van der Waals surface area contributed by atoms with Gasteiger partial charge < -0.3 is 20.0 Å². The Morgan fingerprint density at radius 1 is 0.696 bits per heavy atom. The molecule has 5 heteroatoms. The van der Waals surface area contributed by atoms with Crippen LogP contribution in [-0.2, 0) is 16.8 Å². The first-order valence-electron chi connectivity index (χ1n) is 8.48. The van der Waals surface area contributed by atoms with Gasteiger partial charge in [-0.15, -0.1) is 0 Å². The van der Waals surface area contributed by atoms with Crippen molar-refractivity contribution in [2.75, 3.05) is 40.3 Å². The summed E-state index contributed by atoms with van der Waals surface area (Å²) in [5.74, 6) is 0. The smallest absolute Gasteiger partial charge is 0.0715 e. The van der Waals surface area contributed by atoms with E-state index in [4.69, 9.17) is 0 Å². The number of likely N-dealkylation sites (N-methyl/N-ethyl adjacent to an activating group) is 2. The predicted molar refractivity (Wildman–Crippen MR) is 97.3 cm³/mol. The van der Waals surface area contributed by atoms with Gasteiger partial charge in [0.1, 0.15) is 0 Å². The van der Waals surface area contributed by atoms with Gasteiger partial charge >= 0.3 is 0 Å². The van der Waals surface area contributed by atoms with E-state index >= 15 is 0 Å². The molecule has 0 amide bonds. The molecule has 0 aromatic heterocycles. The van der Waals surface area contributed by atoms with Crippen LogP contribution in [0.15, 0.2) is 0 Å². The molecular formula is C18H42CoN2O2. The van der Waals surface area contributed by atoms with Crippen molar-refractivity contribution in [1.29, 1.82) is 0 Å². The van der Waals surface area contributed by atoms with E-state index in [1.54, 1.807) is 0 Å². The largest absolute Gasteiger partial charge is 0.391 e. The van der Waals surface area contributed by atoms with Crippen LogP contribution in [0.25, 0.3) is 0 Å². The van der Waals surface area contributed by atoms with E-state index in [1.807, 2.05) is 14.1 Å². The third-order valence-electron chi connectivity index (χ3n) is 4.05. The summed E-state index contributed by atoms with van der Waals surface area (Å²) in [5.41, 5.74) is 0.00681. The van der Waals surface area contributed by atoms with Gasteiger partial charge in [-0.3, -0.25) is 0 Å². The summed E-state index contributed by atoms with van der Waals surface area (Å²) in [6.07, 6.45) is -0.458. The molecule has 0 aromatic carbocycles. The number of rotatable bonds is 6. The van der Waals surface area contributed by atoms with Crippen molar-refractivity contribution in [2.24, 2.45) is 10.8 Å². The van der Waals surface area contributed by atoms with Gasteiger partial charge in [0.25, 0.3) is 0 Å². The van der Waals surface area contributed by atoms with Crippen molar-refractivity contribution in [3.8, 4) is 0 Å². The maximum absolute atomic E-state index is 9.65. The van der Waals surface area contributed by atoms with Crippen LogP contribution in [0.4, 0.5) is 0 Å². The SMILES string of the molecule is CCN(C)CC(O)C(C)(C)C.CCN(C)CC(O)C(C)(C)C.[Co]. The first-order valence-corrected chi connectivity index (χ1v) is 8.48. The van der Waals surface area contributed by atoms with Crippen LogP contribution in [0, 0.1) is 10.8 Å². The monoisotopic (exact) mass is 377 g/mol. The van der Waals surface area contributed by atoms with Gasteiger partial charge in [-0.05, 0) is 38.0 Å². The zero-order valence-corrected chi connectivity index (χ0v) is 18.1. The number of aliphatic hydroxyl groups is 2. The molecule has 0 fully saturated rings. The third-order valence-corrected chi connectivity index (χ3v) is 4.05. The van der Waals surface area contributed by atoms with E-state index < -0.39 is 0 Å². The van der Waals surface area contributed by atoms with Crippen molar-refractivity contribution < 1.29 is 27.0 Å². The van der Waals surface area contributed by atoms with Gasteiger partial charge in [-0.25, -0.2) is 0 Å². The summed E-state index contributed by atoms with van der Waals surface area (Å²) in [6, 6.07) is 0. The van der Waals surface area contributed by atoms with Crippen molar-refractivity contribution in [3.63, 3.8) is 0 Å². The summed E-state index contributed by atoms with van der Waals surface area (Å²) in [6.45, 7) is 20.0. The van der Waals surface area contributed by atoms with E-state index in [1.165, 1.54) is 0 Å². The van der Waals surface area contributed by atoms with E-state index in [2.05, 4.69) is 65.2 Å². The van der Waals surface area contributed by atoms with Crippen LogP contribution in [0.3, 0.4) is 0 Å². The molecule has 0 aliphatic carbocycles. The molecule has 0 aliphatic rings. The standard InChI is InChI=1S/2C9H21NO.Co/c2*1-6-10(5)7-8(11)9(2,3)4;/h2*8,11H,6-7H2,1-5H3;. The molecule has 0 bridgehead atoms. The average molecular weight is 377 g/mol. The van der Waals surface area contributed by atoms with Crippen LogP contribution in [0.5, 0.6) is 0 Å². The maximum Gasteiger partial charge on any atom is 0.0715 e. The van der Waals surface area contributed by atoms with Crippen molar-refractivity contribution in [3.05, 3.63) is 0 Å². The third kappa shape index (κ3) is 15.6. The quantitative estimate of drug-likeness (QED) is 0.747. The van der Waals surface area contributed by atoms with Gasteiger partial charge in [0.05, 0.1) is 12.2 Å². The molecule has 1 radical (unpaired) electrons. The molecule has 145 valence electrons. The van der Waals surface area contributed by atoms with Gasteiger partial charge in [-0.2, -0.15) is 0 Å². The van der Waals surface area contributed by atoms with E-state index in [-0.39, 0.29) is 39.8 Å². The van der Waals surface area contributed by atoms with E-state index in [0.717, 1.165) is 26.2 Å². The van der Waals surface area contributed by atoms with Crippen LogP contribution >= 0.6 is 0 Å². The molecule has 0 aliphatic heterocycles. The molecule has 4 nitrogen and oxygen atoms in total. The fourth-order valence-electron chi connectivity index (χ4n) is 1.40. The molecule has 23 heavy (non-hydrogen) atoms. The molecule has 0 aromatic rings. The van der Waals surface area contributed by atoms with Gasteiger partial charge in [0.15, 0.2) is 0 Å². The Kier molecular flexibility index (Phi) is 15.5. The van der Waals surface area contributed by atoms with Crippen LogP contribution < -0.4 is 0 Å². The summed E-state index contributed by atoms with van der Waals surface area (Å²) >= 11 is 0. The minimum absolute atomic E-state index is 0. The Balaban J connectivity index is -0.000000333. The average Bonchev–Trinajstić information content (AvgIpc) is 2.36. The van der Waals surface area contributed by atoms with E-state index in [9.17, 15) is 10.2 Å². The Bertz CT molecular complexity index is 247. The van der Waals surface area contributed by atoms with Crippen LogP contribution in [0.2, 0.25) is 0 Å². The molecule has 2 atom stereocenters. The van der Waals surface area contributed by atoms with Crippen molar-refractivity contribution in [1.82, 2.24) is 9.80 Å². The number of hydrogen-bond acceptors (Lipinski definition) is 4. The summed E-state index contributed by atoms with van der Waals surface area (Å²) in [5, 5.41) is 19.3. The molecule has 0 spiro atoms. The van der Waals surface area contributed by atoms with E-state index in [0.29, 0.717) is 0 Å². The number of nitrogens with zero attached hydrogens (tertiary/aromatic N) is 2. The molecule has 0 saturated carbocycles. The van der Waals surface area contributed by atoms with Crippen LogP contribution in [-0.4, -0.2) is 72.5 Å². The Hall–Kier alpha value is 0.346. The summed E-state index contributed by atoms with van der Waals surface area (Å²) in [4.78, 5) is 4.24. The molecule has 0 rings (SSSR count). The zero-order valence-electron chi connectivity index (χ0n) is 17.1. The molecule has 2 unspecified atom stereocenters. The van der Waals surface area contributed by atoms with Crippen LogP contribution in [0.1, 0.15) is 55.4 Å². The zero-order chi connectivity index (χ0) is 18.1. The minimum Gasteiger partial charge on any atom is -0.391 e. The fourth-order valence-corrected chi connectivity index (χ4v) is 1.40. The molecular weight excluding hydrogens is 335 g/mol. The van der Waals surface area contributed by atoms with Gasteiger partial charge in [-0.1, -0.05) is 55.4 Å². The first-order chi connectivity index (χ1) is 9.75. The second kappa shape index (κ2) is 12.7. The molecule has 2 N–H and O–H groups in total. The van der Waals surface area contributed by atoms with Crippen molar-refractivity contribution >= 4 is 0 Å². The predicted octanol–water partition coefficient (Wildman–Crippen LogP) is 2.69. The van der Waals surface area contributed by atoms with Gasteiger partial charge in [0.2, 0.25) is 0 Å². The fraction of sp³-hybridized carbons (Fsp3) is 1.00. The first kappa shape index (κ1) is 28.2. The Morgan fingerprint density at radius 2 is 0.913 bits per heavy atom. The summed E-state index contributed by atoms with van der Waals surface area (Å²) in [7, 11) is 4.05. The topological polar surface area (TPSA) is 46.9 Å². The number of hydrogen-bond donors (Lipinski definition) is 2. The maximum atomic E-state index is 9.65.